The molecule has 3 aromatic carbocycles. The molecule has 0 amide bonds. The Labute approximate surface area is 132 Å². The molecule has 0 N–H and O–H groups in total. The van der Waals surface area contributed by atoms with Gasteiger partial charge in [0.2, 0.25) is 0 Å². The summed E-state index contributed by atoms with van der Waals surface area (Å²) in [6.07, 6.45) is 0. The van der Waals surface area contributed by atoms with Gasteiger partial charge in [0, 0.05) is 10.8 Å². The molecule has 0 bridgehead atoms. The van der Waals surface area contributed by atoms with Crippen LogP contribution >= 0.6 is 9.24 Å². The lowest BCUT2D eigenvalue weighted by Gasteiger charge is -2.06. The van der Waals surface area contributed by atoms with E-state index in [2.05, 4.69) is 71.6 Å². The van der Waals surface area contributed by atoms with Gasteiger partial charge < -0.3 is 4.42 Å². The van der Waals surface area contributed by atoms with E-state index >= 15 is 0 Å². The second-order valence-electron chi connectivity index (χ2n) is 5.84. The maximum Gasteiger partial charge on any atom is 0.135 e. The third-order valence-corrected chi connectivity index (χ3v) is 4.91. The summed E-state index contributed by atoms with van der Waals surface area (Å²) in [4.78, 5) is 0. The summed E-state index contributed by atoms with van der Waals surface area (Å²) in [6, 6.07) is 19.2. The van der Waals surface area contributed by atoms with Crippen LogP contribution in [0.4, 0.5) is 0 Å². The third kappa shape index (κ3) is 2.05. The fraction of sp³-hybridized carbons (Fsp3) is 0.100. The third-order valence-electron chi connectivity index (χ3n) is 4.29. The highest BCUT2D eigenvalue weighted by Gasteiger charge is 2.12. The molecule has 1 aromatic heterocycles. The minimum atomic E-state index is 0.960. The van der Waals surface area contributed by atoms with Crippen molar-refractivity contribution in [2.45, 2.75) is 13.8 Å². The molecular weight excluding hydrogens is 287 g/mol. The second kappa shape index (κ2) is 4.97. The number of aryl methyl sites for hydroxylation is 2. The summed E-state index contributed by atoms with van der Waals surface area (Å²) in [5, 5.41) is 3.59. The van der Waals surface area contributed by atoms with E-state index in [-0.39, 0.29) is 0 Å². The van der Waals surface area contributed by atoms with Crippen molar-refractivity contribution in [1.29, 1.82) is 0 Å². The van der Waals surface area contributed by atoms with Gasteiger partial charge in [0.15, 0.2) is 0 Å². The van der Waals surface area contributed by atoms with Crippen molar-refractivity contribution < 1.29 is 4.42 Å². The Morgan fingerprint density at radius 3 is 2.14 bits per heavy atom. The van der Waals surface area contributed by atoms with Crippen molar-refractivity contribution in [3.63, 3.8) is 0 Å². The summed E-state index contributed by atoms with van der Waals surface area (Å²) in [6.45, 7) is 4.25. The quantitative estimate of drug-likeness (QED) is 0.431. The van der Waals surface area contributed by atoms with Crippen LogP contribution in [-0.2, 0) is 0 Å². The van der Waals surface area contributed by atoms with Gasteiger partial charge >= 0.3 is 0 Å². The number of fused-ring (bicyclic) bond motifs is 3. The summed E-state index contributed by atoms with van der Waals surface area (Å²) >= 11 is 0. The summed E-state index contributed by atoms with van der Waals surface area (Å²) in [5.74, 6) is 0. The van der Waals surface area contributed by atoms with E-state index < -0.39 is 0 Å². The molecule has 2 heteroatoms. The van der Waals surface area contributed by atoms with Crippen molar-refractivity contribution in [2.24, 2.45) is 0 Å². The topological polar surface area (TPSA) is 13.1 Å². The Bertz CT molecular complexity index is 997. The van der Waals surface area contributed by atoms with Gasteiger partial charge in [-0.05, 0) is 65.7 Å². The van der Waals surface area contributed by atoms with Crippen LogP contribution in [0.3, 0.4) is 0 Å². The first kappa shape index (κ1) is 13.5. The average Bonchev–Trinajstić information content (AvgIpc) is 2.84. The molecule has 4 rings (SSSR count). The van der Waals surface area contributed by atoms with E-state index in [0.717, 1.165) is 11.2 Å². The Morgan fingerprint density at radius 1 is 0.773 bits per heavy atom. The van der Waals surface area contributed by atoms with E-state index in [1.165, 1.54) is 38.3 Å². The molecule has 1 atom stereocenters. The minimum absolute atomic E-state index is 0.960. The SMILES string of the molecule is Cc1cc2oc3cc(C)c(-c4ccccc4)cc3c2cc1P. The normalized spacial score (nSPS) is 11.4. The summed E-state index contributed by atoms with van der Waals surface area (Å²) < 4.78 is 6.05. The average molecular weight is 304 g/mol. The molecule has 0 aliphatic rings. The standard InChI is InChI=1S/C20H17OP/c1-12-8-18-16(10-15(12)14-6-4-3-5-7-14)17-11-20(22)13(2)9-19(17)21-18/h3-11H,22H2,1-2H3. The van der Waals surface area contributed by atoms with Crippen LogP contribution in [-0.4, -0.2) is 0 Å². The highest BCUT2D eigenvalue weighted by molar-refractivity contribution is 7.27. The number of hydrogen-bond donors (Lipinski definition) is 0. The molecule has 108 valence electrons. The predicted octanol–water partition coefficient (Wildman–Crippen LogP) is 5.37. The molecular formula is C20H17OP. The lowest BCUT2D eigenvalue weighted by Crippen LogP contribution is -1.94. The molecule has 22 heavy (non-hydrogen) atoms. The summed E-state index contributed by atoms with van der Waals surface area (Å²) in [7, 11) is 2.81. The minimum Gasteiger partial charge on any atom is -0.456 e. The molecule has 1 nitrogen and oxygen atoms in total. The van der Waals surface area contributed by atoms with Gasteiger partial charge in [-0.2, -0.15) is 0 Å². The van der Waals surface area contributed by atoms with Gasteiger partial charge in [0.1, 0.15) is 11.2 Å². The van der Waals surface area contributed by atoms with Crippen molar-refractivity contribution in [3.8, 4) is 11.1 Å². The van der Waals surface area contributed by atoms with Gasteiger partial charge in [-0.1, -0.05) is 30.3 Å². The molecule has 0 fully saturated rings. The highest BCUT2D eigenvalue weighted by atomic mass is 31.0. The molecule has 0 aliphatic carbocycles. The van der Waals surface area contributed by atoms with Crippen molar-refractivity contribution in [2.75, 3.05) is 0 Å². The predicted molar refractivity (Wildman–Crippen MR) is 98.0 cm³/mol. The first-order valence-corrected chi connectivity index (χ1v) is 7.99. The number of rotatable bonds is 1. The Hall–Kier alpha value is -2.11. The maximum atomic E-state index is 6.05. The lowest BCUT2D eigenvalue weighted by atomic mass is 9.98. The van der Waals surface area contributed by atoms with Crippen molar-refractivity contribution in [3.05, 3.63) is 65.7 Å². The fourth-order valence-electron chi connectivity index (χ4n) is 3.02. The molecule has 0 spiro atoms. The van der Waals surface area contributed by atoms with Gasteiger partial charge in [-0.3, -0.25) is 0 Å². The van der Waals surface area contributed by atoms with E-state index in [1.807, 2.05) is 6.07 Å². The number of benzene rings is 3. The Balaban J connectivity index is 2.07. The van der Waals surface area contributed by atoms with E-state index in [4.69, 9.17) is 4.42 Å². The smallest absolute Gasteiger partial charge is 0.135 e. The van der Waals surface area contributed by atoms with Crippen molar-refractivity contribution >= 4 is 36.5 Å². The Morgan fingerprint density at radius 2 is 1.41 bits per heavy atom. The van der Waals surface area contributed by atoms with Crippen LogP contribution in [0, 0.1) is 13.8 Å². The monoisotopic (exact) mass is 304 g/mol. The van der Waals surface area contributed by atoms with E-state index in [1.54, 1.807) is 0 Å². The Kier molecular flexibility index (Phi) is 3.06. The first-order chi connectivity index (χ1) is 10.6. The number of furan rings is 1. The van der Waals surface area contributed by atoms with Crippen molar-refractivity contribution in [1.82, 2.24) is 0 Å². The van der Waals surface area contributed by atoms with Gasteiger partial charge in [0.25, 0.3) is 0 Å². The molecule has 1 heterocycles. The molecule has 0 saturated carbocycles. The van der Waals surface area contributed by atoms with Crippen LogP contribution in [0.15, 0.2) is 59.0 Å². The number of hydrogen-bond acceptors (Lipinski definition) is 1. The van der Waals surface area contributed by atoms with Gasteiger partial charge in [0.05, 0.1) is 0 Å². The molecule has 4 aromatic rings. The zero-order valence-electron chi connectivity index (χ0n) is 12.7. The van der Waals surface area contributed by atoms with Crippen LogP contribution in [0.1, 0.15) is 11.1 Å². The fourth-order valence-corrected chi connectivity index (χ4v) is 3.27. The van der Waals surface area contributed by atoms with E-state index in [0.29, 0.717) is 0 Å². The largest absolute Gasteiger partial charge is 0.456 e. The van der Waals surface area contributed by atoms with E-state index in [9.17, 15) is 0 Å². The lowest BCUT2D eigenvalue weighted by molar-refractivity contribution is 0.668. The zero-order valence-corrected chi connectivity index (χ0v) is 13.8. The van der Waals surface area contributed by atoms with Crippen LogP contribution < -0.4 is 5.30 Å². The maximum absolute atomic E-state index is 6.05. The van der Waals surface area contributed by atoms with Crippen LogP contribution in [0.25, 0.3) is 33.1 Å². The van der Waals surface area contributed by atoms with Gasteiger partial charge in [-0.25, -0.2) is 0 Å². The first-order valence-electron chi connectivity index (χ1n) is 7.42. The van der Waals surface area contributed by atoms with Crippen LogP contribution in [0.2, 0.25) is 0 Å². The molecule has 0 radical (unpaired) electrons. The second-order valence-corrected chi connectivity index (χ2v) is 6.46. The zero-order chi connectivity index (χ0) is 15.3. The summed E-state index contributed by atoms with van der Waals surface area (Å²) in [5.41, 5.74) is 6.90. The molecule has 1 unspecified atom stereocenters. The van der Waals surface area contributed by atoms with Crippen LogP contribution in [0.5, 0.6) is 0 Å². The molecule has 0 saturated heterocycles. The van der Waals surface area contributed by atoms with Gasteiger partial charge in [-0.15, -0.1) is 9.24 Å². The molecule has 0 aliphatic heterocycles. The highest BCUT2D eigenvalue weighted by Crippen LogP contribution is 2.34.